The summed E-state index contributed by atoms with van der Waals surface area (Å²) in [5.41, 5.74) is 1.09. The minimum Gasteiger partial charge on any atom is -0.495 e. The first-order valence-electron chi connectivity index (χ1n) is 11.1. The summed E-state index contributed by atoms with van der Waals surface area (Å²) < 4.78 is 31.2. The molecule has 192 valence electrons. The molecule has 0 radical (unpaired) electrons. The van der Waals surface area contributed by atoms with Crippen LogP contribution in [0.1, 0.15) is 31.7 Å². The molecule has 0 aliphatic carbocycles. The number of sulfonamides is 1. The molecule has 2 aromatic rings. The lowest BCUT2D eigenvalue weighted by Crippen LogP contribution is -2.48. The van der Waals surface area contributed by atoms with E-state index in [-0.39, 0.29) is 42.8 Å². The number of nitrogens with zero attached hydrogens (tertiary/aromatic N) is 2. The lowest BCUT2D eigenvalue weighted by Gasteiger charge is -2.31. The molecule has 2 amide bonds. The lowest BCUT2D eigenvalue weighted by atomic mass is 10.1. The number of rotatable bonds is 12. The maximum absolute atomic E-state index is 13.3. The molecule has 0 saturated carbocycles. The van der Waals surface area contributed by atoms with Crippen molar-refractivity contribution in [3.63, 3.8) is 0 Å². The van der Waals surface area contributed by atoms with Crippen molar-refractivity contribution in [3.05, 3.63) is 58.1 Å². The summed E-state index contributed by atoms with van der Waals surface area (Å²) in [7, 11) is -0.647. The second-order valence-electron chi connectivity index (χ2n) is 7.91. The Morgan fingerprint density at radius 2 is 1.80 bits per heavy atom. The van der Waals surface area contributed by atoms with E-state index >= 15 is 0 Å². The zero-order valence-electron chi connectivity index (χ0n) is 20.3. The van der Waals surface area contributed by atoms with Crippen LogP contribution in [-0.2, 0) is 26.2 Å². The maximum atomic E-state index is 13.3. The first-order valence-corrected chi connectivity index (χ1v) is 13.7. The summed E-state index contributed by atoms with van der Waals surface area (Å²) in [4.78, 5) is 27.3. The van der Waals surface area contributed by atoms with Gasteiger partial charge in [0.25, 0.3) is 0 Å². The van der Waals surface area contributed by atoms with Crippen LogP contribution in [0.15, 0.2) is 42.5 Å². The molecule has 1 atom stereocenters. The Bertz CT molecular complexity index is 1140. The first kappa shape index (κ1) is 28.7. The van der Waals surface area contributed by atoms with Gasteiger partial charge in [-0.1, -0.05) is 48.3 Å². The van der Waals surface area contributed by atoms with Crippen LogP contribution in [0.3, 0.4) is 0 Å². The number of carbonyl (C=O) groups is 2. The lowest BCUT2D eigenvalue weighted by molar-refractivity contribution is -0.141. The number of methoxy groups -OCH3 is 1. The average molecular weight is 545 g/mol. The number of nitrogens with one attached hydrogen (secondary N) is 1. The van der Waals surface area contributed by atoms with E-state index in [4.69, 9.17) is 27.9 Å². The molecule has 2 rings (SSSR count). The summed E-state index contributed by atoms with van der Waals surface area (Å²) in [5.74, 6) is -0.130. The molecule has 8 nitrogen and oxygen atoms in total. The normalized spacial score (nSPS) is 12.1. The Kier molecular flexibility index (Phi) is 10.7. The van der Waals surface area contributed by atoms with Gasteiger partial charge in [-0.05, 0) is 42.7 Å². The molecule has 0 fully saturated rings. The number of hydrogen-bond donors (Lipinski definition) is 1. The highest BCUT2D eigenvalue weighted by atomic mass is 35.5. The monoisotopic (exact) mass is 543 g/mol. The van der Waals surface area contributed by atoms with Crippen molar-refractivity contribution in [2.24, 2.45) is 0 Å². The van der Waals surface area contributed by atoms with E-state index in [9.17, 15) is 18.0 Å². The maximum Gasteiger partial charge on any atom is 0.242 e. The van der Waals surface area contributed by atoms with Crippen LogP contribution in [0.2, 0.25) is 10.0 Å². The molecular formula is C24H31Cl2N3O5S. The first-order chi connectivity index (χ1) is 16.5. The number of ether oxygens (including phenoxy) is 1. The molecule has 0 saturated heterocycles. The van der Waals surface area contributed by atoms with Gasteiger partial charge in [0.05, 0.1) is 24.1 Å². The van der Waals surface area contributed by atoms with Crippen molar-refractivity contribution in [2.75, 3.05) is 31.3 Å². The van der Waals surface area contributed by atoms with Gasteiger partial charge in [-0.15, -0.1) is 0 Å². The van der Waals surface area contributed by atoms with Gasteiger partial charge in [0.2, 0.25) is 21.8 Å². The minimum atomic E-state index is -3.64. The fourth-order valence-electron chi connectivity index (χ4n) is 3.71. The average Bonchev–Trinajstić information content (AvgIpc) is 2.81. The van der Waals surface area contributed by atoms with Gasteiger partial charge in [0.1, 0.15) is 11.8 Å². The molecule has 0 aromatic heterocycles. The second-order valence-corrected chi connectivity index (χ2v) is 10.6. The summed E-state index contributed by atoms with van der Waals surface area (Å²) in [6.45, 7) is 2.05. The minimum absolute atomic E-state index is 0.0356. The second kappa shape index (κ2) is 13.0. The molecule has 0 bridgehead atoms. The molecular weight excluding hydrogens is 513 g/mol. The number of likely N-dealkylation sites (N-methyl/N-ethyl adjacent to an activating group) is 1. The third-order valence-corrected chi connectivity index (χ3v) is 7.36. The highest BCUT2D eigenvalue weighted by Crippen LogP contribution is 2.30. The summed E-state index contributed by atoms with van der Waals surface area (Å²) in [6, 6.07) is 11.1. The van der Waals surface area contributed by atoms with Crippen molar-refractivity contribution >= 4 is 50.7 Å². The number of halogens is 2. The number of amides is 2. The van der Waals surface area contributed by atoms with Crippen LogP contribution in [0.4, 0.5) is 5.69 Å². The van der Waals surface area contributed by atoms with Gasteiger partial charge in [-0.25, -0.2) is 8.42 Å². The predicted octanol–water partition coefficient (Wildman–Crippen LogP) is 4.10. The van der Waals surface area contributed by atoms with Crippen LogP contribution in [0, 0.1) is 0 Å². The van der Waals surface area contributed by atoms with Crippen molar-refractivity contribution in [2.45, 2.75) is 38.8 Å². The van der Waals surface area contributed by atoms with Gasteiger partial charge in [-0.2, -0.15) is 0 Å². The SMILES string of the molecule is CC[C@H](C(=O)NC)N(Cc1ccccc1Cl)C(=O)CCCN(c1ccc(OC)c(Cl)c1)S(C)(=O)=O. The van der Waals surface area contributed by atoms with Crippen LogP contribution in [0.25, 0.3) is 0 Å². The summed E-state index contributed by atoms with van der Waals surface area (Å²) in [6.07, 6.45) is 1.78. The van der Waals surface area contributed by atoms with Gasteiger partial charge >= 0.3 is 0 Å². The molecule has 0 heterocycles. The van der Waals surface area contributed by atoms with E-state index in [0.29, 0.717) is 22.9 Å². The Hall–Kier alpha value is -2.49. The highest BCUT2D eigenvalue weighted by Gasteiger charge is 2.28. The standard InChI is InChI=1S/C24H31Cl2N3O5S/c1-5-21(24(31)27-2)28(16-17-9-6-7-10-19(17)25)23(30)11-8-14-29(35(4,32)33)18-12-13-22(34-3)20(26)15-18/h6-7,9-10,12-13,15,21H,5,8,11,14,16H2,1-4H3,(H,27,31)/t21-/m1/s1. The third-order valence-electron chi connectivity index (χ3n) is 5.51. The van der Waals surface area contributed by atoms with Crippen LogP contribution < -0.4 is 14.4 Å². The zero-order chi connectivity index (χ0) is 26.2. The molecule has 0 unspecified atom stereocenters. The molecule has 0 spiro atoms. The van der Waals surface area contributed by atoms with Gasteiger partial charge < -0.3 is 15.0 Å². The number of hydrogen-bond acceptors (Lipinski definition) is 5. The van der Waals surface area contributed by atoms with Gasteiger partial charge in [0.15, 0.2) is 0 Å². The van der Waals surface area contributed by atoms with Crippen molar-refractivity contribution < 1.29 is 22.7 Å². The molecule has 0 aliphatic heterocycles. The summed E-state index contributed by atoms with van der Waals surface area (Å²) in [5, 5.41) is 3.38. The fraction of sp³-hybridized carbons (Fsp3) is 0.417. The van der Waals surface area contributed by atoms with E-state index in [2.05, 4.69) is 5.32 Å². The Balaban J connectivity index is 2.22. The van der Waals surface area contributed by atoms with Crippen LogP contribution in [0.5, 0.6) is 5.75 Å². The van der Waals surface area contributed by atoms with Crippen LogP contribution >= 0.6 is 23.2 Å². The van der Waals surface area contributed by atoms with E-state index in [1.807, 2.05) is 13.0 Å². The van der Waals surface area contributed by atoms with Crippen LogP contribution in [-0.4, -0.2) is 58.1 Å². The third kappa shape index (κ3) is 7.75. The van der Waals surface area contributed by atoms with E-state index in [0.717, 1.165) is 11.8 Å². The number of carbonyl (C=O) groups excluding carboxylic acids is 2. The smallest absolute Gasteiger partial charge is 0.242 e. The van der Waals surface area contributed by atoms with E-state index in [1.54, 1.807) is 30.3 Å². The van der Waals surface area contributed by atoms with E-state index < -0.39 is 16.1 Å². The molecule has 35 heavy (non-hydrogen) atoms. The van der Waals surface area contributed by atoms with Gasteiger partial charge in [0, 0.05) is 31.6 Å². The molecule has 2 aromatic carbocycles. The number of anilines is 1. The summed E-state index contributed by atoms with van der Waals surface area (Å²) >= 11 is 12.5. The quantitative estimate of drug-likeness (QED) is 0.434. The highest BCUT2D eigenvalue weighted by molar-refractivity contribution is 7.92. The van der Waals surface area contributed by atoms with Crippen molar-refractivity contribution in [1.82, 2.24) is 10.2 Å². The Morgan fingerprint density at radius 1 is 1.11 bits per heavy atom. The molecule has 11 heteroatoms. The Morgan fingerprint density at radius 3 is 2.34 bits per heavy atom. The predicted molar refractivity (Wildman–Crippen MR) is 140 cm³/mol. The zero-order valence-corrected chi connectivity index (χ0v) is 22.6. The molecule has 0 aliphatic rings. The van der Waals surface area contributed by atoms with Crippen molar-refractivity contribution in [3.8, 4) is 5.75 Å². The largest absolute Gasteiger partial charge is 0.495 e. The fourth-order valence-corrected chi connectivity index (χ4v) is 5.12. The Labute approximate surface area is 217 Å². The number of benzene rings is 2. The van der Waals surface area contributed by atoms with E-state index in [1.165, 1.54) is 29.4 Å². The molecule has 1 N–H and O–H groups in total. The van der Waals surface area contributed by atoms with Crippen molar-refractivity contribution in [1.29, 1.82) is 0 Å². The topological polar surface area (TPSA) is 96.0 Å². The van der Waals surface area contributed by atoms with Gasteiger partial charge in [-0.3, -0.25) is 13.9 Å².